The van der Waals surface area contributed by atoms with Crippen molar-refractivity contribution in [3.8, 4) is 0 Å². The number of fused-ring (bicyclic) bond motifs is 1. The third-order valence-corrected chi connectivity index (χ3v) is 5.19. The Bertz CT molecular complexity index is 1040. The van der Waals surface area contributed by atoms with Crippen LogP contribution in [0.25, 0.3) is 10.8 Å². The second kappa shape index (κ2) is 9.10. The first-order chi connectivity index (χ1) is 13.8. The van der Waals surface area contributed by atoms with Crippen molar-refractivity contribution in [1.29, 1.82) is 0 Å². The molecule has 3 rings (SSSR count). The van der Waals surface area contributed by atoms with Gasteiger partial charge in [-0.05, 0) is 46.9 Å². The lowest BCUT2D eigenvalue weighted by atomic mass is 10.00. The molecule has 0 aromatic heterocycles. The summed E-state index contributed by atoms with van der Waals surface area (Å²) in [4.78, 5) is 25.5. The SMILES string of the molecule is Cc1ccc(NC(=O)[C@@H](NC(=O)Cc2cccc3ccccc23)C(C)C)c(Cl)c1. The quantitative estimate of drug-likeness (QED) is 0.594. The topological polar surface area (TPSA) is 58.2 Å². The molecule has 2 amide bonds. The molecule has 1 atom stereocenters. The van der Waals surface area contributed by atoms with Gasteiger partial charge in [-0.2, -0.15) is 0 Å². The van der Waals surface area contributed by atoms with Gasteiger partial charge in [0.25, 0.3) is 0 Å². The Kier molecular flexibility index (Phi) is 6.55. The highest BCUT2D eigenvalue weighted by molar-refractivity contribution is 6.33. The molecular formula is C24H25ClN2O2. The molecule has 0 spiro atoms. The molecule has 0 fully saturated rings. The van der Waals surface area contributed by atoms with Crippen LogP contribution in [-0.2, 0) is 16.0 Å². The molecule has 4 nitrogen and oxygen atoms in total. The highest BCUT2D eigenvalue weighted by Crippen LogP contribution is 2.23. The van der Waals surface area contributed by atoms with Gasteiger partial charge in [0.15, 0.2) is 0 Å². The van der Waals surface area contributed by atoms with Gasteiger partial charge in [-0.15, -0.1) is 0 Å². The fourth-order valence-electron chi connectivity index (χ4n) is 3.31. The number of benzene rings is 3. The van der Waals surface area contributed by atoms with E-state index in [9.17, 15) is 9.59 Å². The number of aryl methyl sites for hydroxylation is 1. The standard InChI is InChI=1S/C24H25ClN2O2/c1-15(2)23(24(29)26-21-12-11-16(3)13-20(21)25)27-22(28)14-18-9-6-8-17-7-4-5-10-19(17)18/h4-13,15,23H,14H2,1-3H3,(H,26,29)(H,27,28)/t23-/m0/s1. The summed E-state index contributed by atoms with van der Waals surface area (Å²) in [5, 5.41) is 8.33. The van der Waals surface area contributed by atoms with Crippen molar-refractivity contribution < 1.29 is 9.59 Å². The molecule has 5 heteroatoms. The van der Waals surface area contributed by atoms with Crippen molar-refractivity contribution in [1.82, 2.24) is 5.32 Å². The van der Waals surface area contributed by atoms with Gasteiger partial charge in [0.1, 0.15) is 6.04 Å². The van der Waals surface area contributed by atoms with Crippen LogP contribution in [0.1, 0.15) is 25.0 Å². The molecule has 29 heavy (non-hydrogen) atoms. The fraction of sp³-hybridized carbons (Fsp3) is 0.250. The zero-order valence-corrected chi connectivity index (χ0v) is 17.6. The molecule has 0 aliphatic heterocycles. The highest BCUT2D eigenvalue weighted by atomic mass is 35.5. The van der Waals surface area contributed by atoms with E-state index >= 15 is 0 Å². The third kappa shape index (κ3) is 5.15. The number of hydrogen-bond donors (Lipinski definition) is 2. The molecule has 0 aliphatic carbocycles. The lowest BCUT2D eigenvalue weighted by Gasteiger charge is -2.22. The van der Waals surface area contributed by atoms with Gasteiger partial charge < -0.3 is 10.6 Å². The van der Waals surface area contributed by atoms with Gasteiger partial charge >= 0.3 is 0 Å². The monoisotopic (exact) mass is 408 g/mol. The van der Waals surface area contributed by atoms with E-state index in [0.717, 1.165) is 21.9 Å². The average molecular weight is 409 g/mol. The van der Waals surface area contributed by atoms with Gasteiger partial charge in [0.2, 0.25) is 11.8 Å². The van der Waals surface area contributed by atoms with E-state index in [0.29, 0.717) is 10.7 Å². The maximum absolute atomic E-state index is 12.8. The molecule has 0 radical (unpaired) electrons. The van der Waals surface area contributed by atoms with Crippen LogP contribution < -0.4 is 10.6 Å². The molecule has 0 aliphatic rings. The van der Waals surface area contributed by atoms with Crippen molar-refractivity contribution in [2.24, 2.45) is 5.92 Å². The Hall–Kier alpha value is -2.85. The minimum Gasteiger partial charge on any atom is -0.344 e. The van der Waals surface area contributed by atoms with Crippen LogP contribution in [0.2, 0.25) is 5.02 Å². The van der Waals surface area contributed by atoms with Crippen molar-refractivity contribution >= 4 is 39.9 Å². The van der Waals surface area contributed by atoms with Crippen LogP contribution in [0.15, 0.2) is 60.7 Å². The maximum Gasteiger partial charge on any atom is 0.247 e. The summed E-state index contributed by atoms with van der Waals surface area (Å²) in [5.74, 6) is -0.544. The number of hydrogen-bond acceptors (Lipinski definition) is 2. The zero-order chi connectivity index (χ0) is 21.0. The summed E-state index contributed by atoms with van der Waals surface area (Å²) < 4.78 is 0. The normalized spacial score (nSPS) is 12.0. The Morgan fingerprint density at radius 3 is 2.45 bits per heavy atom. The Labute approximate surface area is 176 Å². The molecule has 3 aromatic carbocycles. The number of carbonyl (C=O) groups is 2. The van der Waals surface area contributed by atoms with E-state index in [1.807, 2.05) is 69.3 Å². The van der Waals surface area contributed by atoms with Crippen LogP contribution >= 0.6 is 11.6 Å². The van der Waals surface area contributed by atoms with E-state index < -0.39 is 6.04 Å². The van der Waals surface area contributed by atoms with Crippen molar-refractivity contribution in [2.75, 3.05) is 5.32 Å². The van der Waals surface area contributed by atoms with Gasteiger partial charge in [-0.3, -0.25) is 9.59 Å². The number of rotatable bonds is 6. The van der Waals surface area contributed by atoms with Crippen molar-refractivity contribution in [3.05, 3.63) is 76.8 Å². The maximum atomic E-state index is 12.8. The van der Waals surface area contributed by atoms with E-state index in [1.165, 1.54) is 0 Å². The minimum atomic E-state index is -0.658. The van der Waals surface area contributed by atoms with Gasteiger partial charge in [-0.1, -0.05) is 74.0 Å². The summed E-state index contributed by atoms with van der Waals surface area (Å²) in [6.07, 6.45) is 0.211. The number of carbonyl (C=O) groups excluding carboxylic acids is 2. The minimum absolute atomic E-state index is 0.0734. The summed E-state index contributed by atoms with van der Waals surface area (Å²) in [7, 11) is 0. The predicted octanol–water partition coefficient (Wildman–Crippen LogP) is 5.12. The first kappa shape index (κ1) is 20.9. The summed E-state index contributed by atoms with van der Waals surface area (Å²) in [6.45, 7) is 5.74. The second-order valence-corrected chi connectivity index (χ2v) is 7.98. The molecular weight excluding hydrogens is 384 g/mol. The predicted molar refractivity (Wildman–Crippen MR) is 119 cm³/mol. The molecule has 0 saturated heterocycles. The Morgan fingerprint density at radius 1 is 1.00 bits per heavy atom. The molecule has 0 unspecified atom stereocenters. The van der Waals surface area contributed by atoms with E-state index in [2.05, 4.69) is 10.6 Å². The largest absolute Gasteiger partial charge is 0.344 e. The average Bonchev–Trinajstić information content (AvgIpc) is 2.68. The van der Waals surface area contributed by atoms with E-state index in [1.54, 1.807) is 12.1 Å². The number of anilines is 1. The van der Waals surface area contributed by atoms with Crippen LogP contribution in [0.5, 0.6) is 0 Å². The van der Waals surface area contributed by atoms with Crippen LogP contribution in [0.4, 0.5) is 5.69 Å². The van der Waals surface area contributed by atoms with E-state index in [-0.39, 0.29) is 24.2 Å². The molecule has 3 aromatic rings. The molecule has 2 N–H and O–H groups in total. The number of amides is 2. The summed E-state index contributed by atoms with van der Waals surface area (Å²) in [5.41, 5.74) is 2.48. The zero-order valence-electron chi connectivity index (χ0n) is 16.8. The lowest BCUT2D eigenvalue weighted by Crippen LogP contribution is -2.47. The van der Waals surface area contributed by atoms with Crippen LogP contribution in [0.3, 0.4) is 0 Å². The van der Waals surface area contributed by atoms with E-state index in [4.69, 9.17) is 11.6 Å². The highest BCUT2D eigenvalue weighted by Gasteiger charge is 2.25. The number of nitrogens with one attached hydrogen (secondary N) is 2. The molecule has 0 saturated carbocycles. The smallest absolute Gasteiger partial charge is 0.247 e. The summed E-state index contributed by atoms with van der Waals surface area (Å²) >= 11 is 6.22. The van der Waals surface area contributed by atoms with Crippen LogP contribution in [0, 0.1) is 12.8 Å². The van der Waals surface area contributed by atoms with Gasteiger partial charge in [0, 0.05) is 0 Å². The van der Waals surface area contributed by atoms with Crippen molar-refractivity contribution in [3.63, 3.8) is 0 Å². The van der Waals surface area contributed by atoms with Crippen LogP contribution in [-0.4, -0.2) is 17.9 Å². The molecule has 0 bridgehead atoms. The third-order valence-electron chi connectivity index (χ3n) is 4.88. The molecule has 150 valence electrons. The summed E-state index contributed by atoms with van der Waals surface area (Å²) in [6, 6.07) is 18.6. The number of halogens is 1. The fourth-order valence-corrected chi connectivity index (χ4v) is 3.59. The van der Waals surface area contributed by atoms with Gasteiger partial charge in [0.05, 0.1) is 17.1 Å². The second-order valence-electron chi connectivity index (χ2n) is 7.58. The lowest BCUT2D eigenvalue weighted by molar-refractivity contribution is -0.127. The van der Waals surface area contributed by atoms with Gasteiger partial charge in [-0.25, -0.2) is 0 Å². The Morgan fingerprint density at radius 2 is 1.72 bits per heavy atom. The van der Waals surface area contributed by atoms with Crippen molar-refractivity contribution in [2.45, 2.75) is 33.2 Å². The molecule has 0 heterocycles. The Balaban J connectivity index is 1.72. The first-order valence-electron chi connectivity index (χ1n) is 9.68. The first-order valence-corrected chi connectivity index (χ1v) is 10.1.